The van der Waals surface area contributed by atoms with E-state index in [0.29, 0.717) is 0 Å². The van der Waals surface area contributed by atoms with Crippen molar-refractivity contribution in [3.8, 4) is 0 Å². The summed E-state index contributed by atoms with van der Waals surface area (Å²) in [6.07, 6.45) is 0. The van der Waals surface area contributed by atoms with Crippen molar-refractivity contribution < 1.29 is 9.13 Å². The van der Waals surface area contributed by atoms with Crippen molar-refractivity contribution in [3.05, 3.63) is 34.1 Å². The zero-order chi connectivity index (χ0) is 12.8. The second kappa shape index (κ2) is 7.19. The third-order valence-electron chi connectivity index (χ3n) is 3.04. The molecule has 100 valence electrons. The molecule has 1 fully saturated rings. The summed E-state index contributed by atoms with van der Waals surface area (Å²) in [5.41, 5.74) is 1.08. The van der Waals surface area contributed by atoms with Crippen LogP contribution in [0.3, 0.4) is 0 Å². The van der Waals surface area contributed by atoms with Crippen molar-refractivity contribution in [2.45, 2.75) is 6.54 Å². The molecule has 5 heteroatoms. The number of hydrogen-bond acceptors (Lipinski definition) is 3. The van der Waals surface area contributed by atoms with Crippen LogP contribution in [-0.4, -0.2) is 44.3 Å². The Bertz CT molecular complexity index is 383. The first kappa shape index (κ1) is 13.9. The second-order valence-corrected chi connectivity index (χ2v) is 5.22. The van der Waals surface area contributed by atoms with Gasteiger partial charge in [0, 0.05) is 37.2 Å². The number of ether oxygens (including phenoxy) is 1. The summed E-state index contributed by atoms with van der Waals surface area (Å²) in [6, 6.07) is 4.80. The van der Waals surface area contributed by atoms with Gasteiger partial charge in [-0.3, -0.25) is 4.90 Å². The Morgan fingerprint density at radius 1 is 1.33 bits per heavy atom. The van der Waals surface area contributed by atoms with Gasteiger partial charge in [0.2, 0.25) is 0 Å². The first-order valence-electron chi connectivity index (χ1n) is 6.20. The zero-order valence-corrected chi connectivity index (χ0v) is 11.9. The van der Waals surface area contributed by atoms with Gasteiger partial charge in [-0.2, -0.15) is 0 Å². The molecular formula is C13H18BrFN2O. The number of rotatable bonds is 5. The van der Waals surface area contributed by atoms with Crippen molar-refractivity contribution in [1.82, 2.24) is 10.2 Å². The molecule has 18 heavy (non-hydrogen) atoms. The number of hydrogen-bond donors (Lipinski definition) is 1. The van der Waals surface area contributed by atoms with Crippen molar-refractivity contribution in [2.24, 2.45) is 0 Å². The van der Waals surface area contributed by atoms with Crippen LogP contribution in [0.15, 0.2) is 22.7 Å². The third kappa shape index (κ3) is 4.31. The zero-order valence-electron chi connectivity index (χ0n) is 10.3. The molecule has 0 atom stereocenters. The highest BCUT2D eigenvalue weighted by Gasteiger charge is 2.09. The maximum absolute atomic E-state index is 12.9. The first-order valence-corrected chi connectivity index (χ1v) is 7.00. The van der Waals surface area contributed by atoms with E-state index in [-0.39, 0.29) is 5.82 Å². The van der Waals surface area contributed by atoms with Gasteiger partial charge < -0.3 is 10.1 Å². The molecule has 1 N–H and O–H groups in total. The molecule has 1 saturated heterocycles. The van der Waals surface area contributed by atoms with Crippen LogP contribution in [0, 0.1) is 5.82 Å². The van der Waals surface area contributed by atoms with Crippen molar-refractivity contribution in [3.63, 3.8) is 0 Å². The smallest absolute Gasteiger partial charge is 0.124 e. The molecule has 2 rings (SSSR count). The SMILES string of the molecule is Fc1ccc(CNCCN2CCOCC2)c(Br)c1. The largest absolute Gasteiger partial charge is 0.379 e. The monoisotopic (exact) mass is 316 g/mol. The number of benzene rings is 1. The fourth-order valence-corrected chi connectivity index (χ4v) is 2.44. The lowest BCUT2D eigenvalue weighted by Gasteiger charge is -2.26. The average molecular weight is 317 g/mol. The number of nitrogens with one attached hydrogen (secondary N) is 1. The lowest BCUT2D eigenvalue weighted by Crippen LogP contribution is -2.40. The van der Waals surface area contributed by atoms with Crippen LogP contribution in [-0.2, 0) is 11.3 Å². The highest BCUT2D eigenvalue weighted by atomic mass is 79.9. The van der Waals surface area contributed by atoms with Gasteiger partial charge in [0.1, 0.15) is 5.82 Å². The van der Waals surface area contributed by atoms with Gasteiger partial charge in [0.05, 0.1) is 13.2 Å². The molecule has 1 aromatic carbocycles. The molecule has 0 amide bonds. The molecule has 0 spiro atoms. The molecule has 0 aliphatic carbocycles. The van der Waals surface area contributed by atoms with Crippen LogP contribution in [0.25, 0.3) is 0 Å². The minimum absolute atomic E-state index is 0.209. The lowest BCUT2D eigenvalue weighted by molar-refractivity contribution is 0.0384. The third-order valence-corrected chi connectivity index (χ3v) is 3.78. The van der Waals surface area contributed by atoms with E-state index in [2.05, 4.69) is 26.1 Å². The Labute approximate surface area is 115 Å². The van der Waals surface area contributed by atoms with E-state index in [9.17, 15) is 4.39 Å². The van der Waals surface area contributed by atoms with E-state index in [1.54, 1.807) is 6.07 Å². The lowest BCUT2D eigenvalue weighted by atomic mass is 10.2. The summed E-state index contributed by atoms with van der Waals surface area (Å²) in [7, 11) is 0. The quantitative estimate of drug-likeness (QED) is 0.841. The number of morpholine rings is 1. The van der Waals surface area contributed by atoms with Crippen LogP contribution >= 0.6 is 15.9 Å². The normalized spacial score (nSPS) is 17.0. The molecule has 0 aromatic heterocycles. The summed E-state index contributed by atoms with van der Waals surface area (Å²) < 4.78 is 19.0. The first-order chi connectivity index (χ1) is 8.75. The van der Waals surface area contributed by atoms with E-state index in [0.717, 1.165) is 56.0 Å². The highest BCUT2D eigenvalue weighted by Crippen LogP contribution is 2.17. The van der Waals surface area contributed by atoms with Crippen molar-refractivity contribution in [1.29, 1.82) is 0 Å². The Morgan fingerprint density at radius 3 is 2.83 bits per heavy atom. The Balaban J connectivity index is 1.68. The predicted molar refractivity (Wildman–Crippen MR) is 73.1 cm³/mol. The van der Waals surface area contributed by atoms with Crippen LogP contribution in [0.5, 0.6) is 0 Å². The molecule has 0 unspecified atom stereocenters. The molecule has 1 aliphatic rings. The topological polar surface area (TPSA) is 24.5 Å². The van der Waals surface area contributed by atoms with E-state index in [1.807, 2.05) is 0 Å². The fourth-order valence-electron chi connectivity index (χ4n) is 1.95. The molecule has 1 heterocycles. The Kier molecular flexibility index (Phi) is 5.56. The highest BCUT2D eigenvalue weighted by molar-refractivity contribution is 9.10. The fraction of sp³-hybridized carbons (Fsp3) is 0.538. The van der Waals surface area contributed by atoms with E-state index in [4.69, 9.17) is 4.74 Å². The second-order valence-electron chi connectivity index (χ2n) is 4.37. The number of nitrogens with zero attached hydrogens (tertiary/aromatic N) is 1. The molecule has 0 radical (unpaired) electrons. The maximum atomic E-state index is 12.9. The van der Waals surface area contributed by atoms with Gasteiger partial charge in [-0.15, -0.1) is 0 Å². The van der Waals surface area contributed by atoms with Crippen LogP contribution < -0.4 is 5.32 Å². The summed E-state index contributed by atoms with van der Waals surface area (Å²) >= 11 is 3.37. The standard InChI is InChI=1S/C13H18BrFN2O/c14-13-9-12(15)2-1-11(13)10-16-3-4-17-5-7-18-8-6-17/h1-2,9,16H,3-8,10H2. The number of halogens is 2. The van der Waals surface area contributed by atoms with Gasteiger partial charge in [0.25, 0.3) is 0 Å². The van der Waals surface area contributed by atoms with Gasteiger partial charge in [0.15, 0.2) is 0 Å². The summed E-state index contributed by atoms with van der Waals surface area (Å²) in [4.78, 5) is 2.39. The van der Waals surface area contributed by atoms with Crippen molar-refractivity contribution >= 4 is 15.9 Å². The molecule has 1 aromatic rings. The van der Waals surface area contributed by atoms with Crippen molar-refractivity contribution in [2.75, 3.05) is 39.4 Å². The summed E-state index contributed by atoms with van der Waals surface area (Å²) in [5, 5.41) is 3.37. The minimum Gasteiger partial charge on any atom is -0.379 e. The molecule has 0 saturated carbocycles. The maximum Gasteiger partial charge on any atom is 0.124 e. The Hall–Kier alpha value is -0.490. The van der Waals surface area contributed by atoms with Crippen LogP contribution in [0.2, 0.25) is 0 Å². The van der Waals surface area contributed by atoms with Gasteiger partial charge in [-0.05, 0) is 17.7 Å². The predicted octanol–water partition coefficient (Wildman–Crippen LogP) is 2.01. The van der Waals surface area contributed by atoms with Crippen LogP contribution in [0.1, 0.15) is 5.56 Å². The van der Waals surface area contributed by atoms with Crippen LogP contribution in [0.4, 0.5) is 4.39 Å². The Morgan fingerprint density at radius 2 is 2.11 bits per heavy atom. The summed E-state index contributed by atoms with van der Waals surface area (Å²) in [6.45, 7) is 6.42. The van der Waals surface area contributed by atoms with Gasteiger partial charge >= 0.3 is 0 Å². The van der Waals surface area contributed by atoms with Gasteiger partial charge in [-0.25, -0.2) is 4.39 Å². The molecular weight excluding hydrogens is 299 g/mol. The molecule has 1 aliphatic heterocycles. The molecule has 3 nitrogen and oxygen atoms in total. The minimum atomic E-state index is -0.209. The van der Waals surface area contributed by atoms with Gasteiger partial charge in [-0.1, -0.05) is 22.0 Å². The van der Waals surface area contributed by atoms with E-state index >= 15 is 0 Å². The summed E-state index contributed by atoms with van der Waals surface area (Å²) in [5.74, 6) is -0.209. The molecule has 0 bridgehead atoms. The van der Waals surface area contributed by atoms with E-state index < -0.39 is 0 Å². The van der Waals surface area contributed by atoms with E-state index in [1.165, 1.54) is 12.1 Å². The average Bonchev–Trinajstić information content (AvgIpc) is 2.38.